The predicted molar refractivity (Wildman–Crippen MR) is 101 cm³/mol. The van der Waals surface area contributed by atoms with Crippen molar-refractivity contribution in [2.75, 3.05) is 6.54 Å². The van der Waals surface area contributed by atoms with Crippen molar-refractivity contribution in [1.82, 2.24) is 14.3 Å². The molecule has 0 amide bonds. The van der Waals surface area contributed by atoms with Crippen molar-refractivity contribution in [3.8, 4) is 0 Å². The number of rotatable bonds is 5. The Morgan fingerprint density at radius 3 is 2.29 bits per heavy atom. The number of pyridine rings is 1. The minimum Gasteiger partial charge on any atom is -1.00 e. The smallest absolute Gasteiger partial charge is 0.434 e. The van der Waals surface area contributed by atoms with Gasteiger partial charge in [0.1, 0.15) is 12.4 Å². The van der Waals surface area contributed by atoms with E-state index in [1.807, 2.05) is 48.5 Å². The van der Waals surface area contributed by atoms with E-state index in [1.54, 1.807) is 6.20 Å². The molecule has 0 spiro atoms. The molecule has 2 aromatic heterocycles. The van der Waals surface area contributed by atoms with Crippen LogP contribution in [0.4, 0.5) is 5.95 Å². The molecule has 0 bridgehead atoms. The number of nitrogens with zero attached hydrogens (tertiary/aromatic N) is 5. The fraction of sp³-hybridized carbons (Fsp3) is 0.158. The molecule has 144 valence electrons. The van der Waals surface area contributed by atoms with Gasteiger partial charge < -0.3 is 27.7 Å². The second kappa shape index (κ2) is 8.10. The molecule has 4 aromatic rings. The number of aromatic nitrogens is 3. The highest BCUT2D eigenvalue weighted by molar-refractivity contribution is 5.92. The van der Waals surface area contributed by atoms with Gasteiger partial charge in [0.15, 0.2) is 0 Å². The quantitative estimate of drug-likeness (QED) is 0.170. The van der Waals surface area contributed by atoms with Gasteiger partial charge >= 0.3 is 5.95 Å². The van der Waals surface area contributed by atoms with E-state index in [9.17, 15) is 15.3 Å². The molecule has 0 aliphatic carbocycles. The average molecular weight is 399 g/mol. The first-order valence-electron chi connectivity index (χ1n) is 8.54. The lowest BCUT2D eigenvalue weighted by molar-refractivity contribution is -0.396. The van der Waals surface area contributed by atoms with E-state index in [4.69, 9.17) is 4.99 Å². The summed E-state index contributed by atoms with van der Waals surface area (Å²) in [6.07, 6.45) is 3.65. The molecule has 2 heterocycles. The van der Waals surface area contributed by atoms with E-state index in [0.29, 0.717) is 30.5 Å². The fourth-order valence-electron chi connectivity index (χ4n) is 3.24. The van der Waals surface area contributed by atoms with Gasteiger partial charge in [0.25, 0.3) is 0 Å². The van der Waals surface area contributed by atoms with Gasteiger partial charge in [-0.05, 0) is 23.5 Å². The van der Waals surface area contributed by atoms with Gasteiger partial charge in [0.2, 0.25) is 0 Å². The number of aryl methyl sites for hydroxylation is 1. The minimum atomic E-state index is -0.491. The number of halogens is 1. The third-order valence-corrected chi connectivity index (χ3v) is 4.46. The van der Waals surface area contributed by atoms with E-state index < -0.39 is 4.92 Å². The first-order chi connectivity index (χ1) is 13.2. The number of benzene rings is 2. The second-order valence-electron chi connectivity index (χ2n) is 6.11. The van der Waals surface area contributed by atoms with Crippen molar-refractivity contribution >= 4 is 27.8 Å². The van der Waals surface area contributed by atoms with Gasteiger partial charge in [0, 0.05) is 17.3 Å². The van der Waals surface area contributed by atoms with Gasteiger partial charge in [-0.15, -0.1) is 0 Å². The minimum absolute atomic E-state index is 0. The number of imidazole rings is 1. The molecule has 28 heavy (non-hydrogen) atoms. The maximum atomic E-state index is 10.9. The Morgan fingerprint density at radius 1 is 1.07 bits per heavy atom. The highest BCUT2D eigenvalue weighted by atomic mass is 35.5. The largest absolute Gasteiger partial charge is 1.00 e. The van der Waals surface area contributed by atoms with Crippen molar-refractivity contribution in [2.24, 2.45) is 4.99 Å². The summed E-state index contributed by atoms with van der Waals surface area (Å²) in [6.45, 7) is 0.960. The zero-order valence-corrected chi connectivity index (χ0v) is 15.5. The number of hydrogen-bond donors (Lipinski definition) is 1. The molecule has 1 N–H and O–H groups in total. The molecule has 0 saturated carbocycles. The van der Waals surface area contributed by atoms with Crippen LogP contribution in [0.1, 0.15) is 6.42 Å². The lowest BCUT2D eigenvalue weighted by Gasteiger charge is -2.10. The van der Waals surface area contributed by atoms with Crippen molar-refractivity contribution in [3.63, 3.8) is 0 Å². The fourth-order valence-corrected chi connectivity index (χ4v) is 3.24. The van der Waals surface area contributed by atoms with Crippen LogP contribution in [-0.4, -0.2) is 31.0 Å². The molecule has 0 radical (unpaired) electrons. The normalized spacial score (nSPS) is 10.7. The maximum Gasteiger partial charge on any atom is 0.434 e. The molecule has 4 rings (SSSR count). The van der Waals surface area contributed by atoms with Crippen molar-refractivity contribution in [1.29, 1.82) is 0 Å². The predicted octanol–water partition coefficient (Wildman–Crippen LogP) is 0.132. The van der Waals surface area contributed by atoms with Gasteiger partial charge in [-0.2, -0.15) is 4.73 Å². The summed E-state index contributed by atoms with van der Waals surface area (Å²) in [5.74, 6) is -0.160. The average Bonchev–Trinajstić information content (AvgIpc) is 3.16. The summed E-state index contributed by atoms with van der Waals surface area (Å²) in [6, 6.07) is 15.1. The third kappa shape index (κ3) is 3.41. The lowest BCUT2D eigenvalue weighted by Crippen LogP contribution is -3.00. The molecule has 0 saturated heterocycles. The first kappa shape index (κ1) is 19.4. The first-order valence-corrected chi connectivity index (χ1v) is 8.54. The maximum absolute atomic E-state index is 10.9. The van der Waals surface area contributed by atoms with Gasteiger partial charge in [0.05, 0.1) is 22.9 Å². The molecule has 0 aliphatic rings. The van der Waals surface area contributed by atoms with Gasteiger partial charge in [-0.25, -0.2) is 4.57 Å². The van der Waals surface area contributed by atoms with Crippen LogP contribution in [0.25, 0.3) is 21.8 Å². The topological polar surface area (TPSA) is 98.5 Å². The van der Waals surface area contributed by atoms with Crippen LogP contribution in [-0.2, 0) is 6.54 Å². The summed E-state index contributed by atoms with van der Waals surface area (Å²) in [5.41, 5.74) is 1.36. The molecule has 8 nitrogen and oxygen atoms in total. The van der Waals surface area contributed by atoms with Crippen LogP contribution in [0.2, 0.25) is 0 Å². The number of fused-ring (bicyclic) bond motifs is 2. The van der Waals surface area contributed by atoms with Crippen LogP contribution >= 0.6 is 0 Å². The van der Waals surface area contributed by atoms with Crippen LogP contribution < -0.4 is 17.8 Å². The number of para-hydroxylation sites is 2. The van der Waals surface area contributed by atoms with E-state index in [0.717, 1.165) is 16.1 Å². The third-order valence-electron chi connectivity index (χ3n) is 4.46. The van der Waals surface area contributed by atoms with Gasteiger partial charge in [-0.3, -0.25) is 4.99 Å². The highest BCUT2D eigenvalue weighted by Gasteiger charge is 2.13. The van der Waals surface area contributed by atoms with Crippen molar-refractivity contribution in [2.45, 2.75) is 13.0 Å². The zero-order valence-electron chi connectivity index (χ0n) is 14.8. The molecule has 2 aromatic carbocycles. The number of nitro groups is 1. The zero-order chi connectivity index (χ0) is 18.8. The van der Waals surface area contributed by atoms with Crippen LogP contribution in [0, 0.1) is 10.1 Å². The summed E-state index contributed by atoms with van der Waals surface area (Å²) < 4.78 is 2.69. The summed E-state index contributed by atoms with van der Waals surface area (Å²) >= 11 is 0. The van der Waals surface area contributed by atoms with Crippen LogP contribution in [0.3, 0.4) is 0 Å². The Bertz CT molecular complexity index is 1160. The molecule has 0 fully saturated rings. The highest BCUT2D eigenvalue weighted by Crippen LogP contribution is 2.17. The Morgan fingerprint density at radius 2 is 1.68 bits per heavy atom. The molecular formula is C19H17ClN5O3-. The SMILES string of the molecule is O=[N+]([O-])c1nccn1CCCN=c1c2ccccc2n(O)c2ccccc12.[Cl-]. The lowest BCUT2D eigenvalue weighted by atomic mass is 10.1. The Kier molecular flexibility index (Phi) is 5.60. The molecule has 9 heteroatoms. The Labute approximate surface area is 165 Å². The van der Waals surface area contributed by atoms with E-state index in [2.05, 4.69) is 4.98 Å². The van der Waals surface area contributed by atoms with Crippen LogP contribution in [0.15, 0.2) is 65.9 Å². The standard InChI is InChI=1S/C19H17N5O3.ClH/c25-23-16-8-3-1-6-14(16)18(15-7-2-4-9-17(15)23)20-10-5-12-22-13-11-21-19(22)24(26)27;/h1-4,6-9,11,13,25H,5,10,12H2;1H/p-1. The molecule has 0 atom stereocenters. The van der Waals surface area contributed by atoms with E-state index >= 15 is 0 Å². The van der Waals surface area contributed by atoms with E-state index in [1.165, 1.54) is 15.5 Å². The summed E-state index contributed by atoms with van der Waals surface area (Å²) in [5, 5.41) is 24.0. The van der Waals surface area contributed by atoms with Crippen molar-refractivity contribution < 1.29 is 22.5 Å². The summed E-state index contributed by atoms with van der Waals surface area (Å²) in [4.78, 5) is 18.9. The van der Waals surface area contributed by atoms with E-state index in [-0.39, 0.29) is 18.4 Å². The Balaban J connectivity index is 0.00000225. The van der Waals surface area contributed by atoms with Crippen molar-refractivity contribution in [3.05, 3.63) is 76.4 Å². The summed E-state index contributed by atoms with van der Waals surface area (Å²) in [7, 11) is 0. The molecule has 0 aliphatic heterocycles. The second-order valence-corrected chi connectivity index (χ2v) is 6.11. The monoisotopic (exact) mass is 398 g/mol. The molecular weight excluding hydrogens is 382 g/mol. The molecule has 0 unspecified atom stereocenters. The van der Waals surface area contributed by atoms with Crippen LogP contribution in [0.5, 0.6) is 0 Å². The van der Waals surface area contributed by atoms with Gasteiger partial charge in [-0.1, -0.05) is 41.4 Å². The number of hydrogen-bond acceptors (Lipinski definition) is 5. The Hall–Kier alpha value is -3.39.